The zero-order valence-corrected chi connectivity index (χ0v) is 10.6. The summed E-state index contributed by atoms with van der Waals surface area (Å²) in [6, 6.07) is 5.86. The lowest BCUT2D eigenvalue weighted by Gasteiger charge is -2.13. The number of ether oxygens (including phenoxy) is 2. The molecule has 1 aromatic carbocycles. The minimum Gasteiger partial charge on any atom is -0.493 e. The number of rotatable bonds is 5. The third-order valence-corrected chi connectivity index (χ3v) is 3.59. The highest BCUT2D eigenvalue weighted by Crippen LogP contribution is 2.49. The Balaban J connectivity index is 2.20. The molecule has 3 heteroatoms. The minimum absolute atomic E-state index is 0.0976. The second-order valence-electron chi connectivity index (χ2n) is 4.70. The molecule has 0 spiro atoms. The first-order valence-corrected chi connectivity index (χ1v) is 5.83. The fourth-order valence-corrected chi connectivity index (χ4v) is 2.19. The van der Waals surface area contributed by atoms with Crippen LogP contribution in [0.1, 0.15) is 25.3 Å². The molecule has 0 amide bonds. The summed E-state index contributed by atoms with van der Waals surface area (Å²) in [6.45, 7) is 1.69. The SMILES string of the molecule is COc1ccc(CC2(C(C)=O)CC2)cc1OC. The van der Waals surface area contributed by atoms with Gasteiger partial charge in [0.25, 0.3) is 0 Å². The Morgan fingerprint density at radius 1 is 1.24 bits per heavy atom. The topological polar surface area (TPSA) is 35.5 Å². The summed E-state index contributed by atoms with van der Waals surface area (Å²) >= 11 is 0. The fourth-order valence-electron chi connectivity index (χ4n) is 2.19. The number of carbonyl (C=O) groups excluding carboxylic acids is 1. The molecule has 0 radical (unpaired) electrons. The molecule has 2 rings (SSSR count). The van der Waals surface area contributed by atoms with Gasteiger partial charge in [0.2, 0.25) is 0 Å². The first-order chi connectivity index (χ1) is 8.11. The zero-order valence-electron chi connectivity index (χ0n) is 10.6. The van der Waals surface area contributed by atoms with Gasteiger partial charge < -0.3 is 9.47 Å². The van der Waals surface area contributed by atoms with Crippen LogP contribution >= 0.6 is 0 Å². The number of Topliss-reactive ketones (excluding diaryl/α,β-unsaturated/α-hetero) is 1. The normalized spacial score (nSPS) is 16.4. The first kappa shape index (κ1) is 12.0. The maximum atomic E-state index is 11.6. The van der Waals surface area contributed by atoms with Crippen molar-refractivity contribution >= 4 is 5.78 Å². The number of hydrogen-bond donors (Lipinski definition) is 0. The summed E-state index contributed by atoms with van der Waals surface area (Å²) in [5, 5.41) is 0. The average molecular weight is 234 g/mol. The van der Waals surface area contributed by atoms with Crippen LogP contribution in [0.4, 0.5) is 0 Å². The van der Waals surface area contributed by atoms with Crippen LogP contribution in [0.2, 0.25) is 0 Å². The van der Waals surface area contributed by atoms with Gasteiger partial charge >= 0.3 is 0 Å². The molecule has 1 aromatic rings. The summed E-state index contributed by atoms with van der Waals surface area (Å²) in [4.78, 5) is 11.6. The van der Waals surface area contributed by atoms with Crippen molar-refractivity contribution in [2.75, 3.05) is 14.2 Å². The number of benzene rings is 1. The molecule has 0 atom stereocenters. The van der Waals surface area contributed by atoms with Gasteiger partial charge in [-0.2, -0.15) is 0 Å². The van der Waals surface area contributed by atoms with Gasteiger partial charge in [0.1, 0.15) is 5.78 Å². The van der Waals surface area contributed by atoms with Gasteiger partial charge in [0.15, 0.2) is 11.5 Å². The molecule has 0 unspecified atom stereocenters. The summed E-state index contributed by atoms with van der Waals surface area (Å²) < 4.78 is 10.5. The highest BCUT2D eigenvalue weighted by Gasteiger charge is 2.46. The molecule has 0 aliphatic heterocycles. The van der Waals surface area contributed by atoms with Crippen LogP contribution in [0.25, 0.3) is 0 Å². The lowest BCUT2D eigenvalue weighted by molar-refractivity contribution is -0.121. The van der Waals surface area contributed by atoms with Crippen molar-refractivity contribution in [3.05, 3.63) is 23.8 Å². The van der Waals surface area contributed by atoms with Gasteiger partial charge in [-0.05, 0) is 43.9 Å². The molecule has 0 bridgehead atoms. The van der Waals surface area contributed by atoms with Gasteiger partial charge in [0.05, 0.1) is 14.2 Å². The Bertz CT molecular complexity index is 433. The number of hydrogen-bond acceptors (Lipinski definition) is 3. The summed E-state index contributed by atoms with van der Waals surface area (Å²) in [6.07, 6.45) is 2.83. The highest BCUT2D eigenvalue weighted by atomic mass is 16.5. The molecule has 17 heavy (non-hydrogen) atoms. The van der Waals surface area contributed by atoms with E-state index in [1.165, 1.54) is 0 Å². The predicted octanol–water partition coefficient (Wildman–Crippen LogP) is 2.62. The Morgan fingerprint density at radius 3 is 2.35 bits per heavy atom. The summed E-state index contributed by atoms with van der Waals surface area (Å²) in [5.74, 6) is 1.75. The van der Waals surface area contributed by atoms with Crippen molar-refractivity contribution in [1.29, 1.82) is 0 Å². The lowest BCUT2D eigenvalue weighted by atomic mass is 9.93. The maximum Gasteiger partial charge on any atom is 0.160 e. The Kier molecular flexibility index (Phi) is 3.09. The second kappa shape index (κ2) is 4.40. The standard InChI is InChI=1S/C14H18O3/c1-10(15)14(6-7-14)9-11-4-5-12(16-2)13(8-11)17-3/h4-5,8H,6-7,9H2,1-3H3. The lowest BCUT2D eigenvalue weighted by Crippen LogP contribution is -2.14. The molecule has 1 fully saturated rings. The van der Waals surface area contributed by atoms with Gasteiger partial charge in [-0.15, -0.1) is 0 Å². The fraction of sp³-hybridized carbons (Fsp3) is 0.500. The van der Waals surface area contributed by atoms with Crippen molar-refractivity contribution in [3.8, 4) is 11.5 Å². The van der Waals surface area contributed by atoms with Crippen molar-refractivity contribution in [2.45, 2.75) is 26.2 Å². The van der Waals surface area contributed by atoms with Gasteiger partial charge in [0, 0.05) is 5.41 Å². The Morgan fingerprint density at radius 2 is 1.88 bits per heavy atom. The molecule has 3 nitrogen and oxygen atoms in total. The van der Waals surface area contributed by atoms with E-state index in [2.05, 4.69) is 0 Å². The molecule has 0 N–H and O–H groups in total. The van der Waals surface area contributed by atoms with Crippen LogP contribution in [0, 0.1) is 5.41 Å². The van der Waals surface area contributed by atoms with Crippen molar-refractivity contribution in [1.82, 2.24) is 0 Å². The van der Waals surface area contributed by atoms with E-state index in [9.17, 15) is 4.79 Å². The molecular weight excluding hydrogens is 216 g/mol. The van der Waals surface area contributed by atoms with Crippen LogP contribution in [-0.4, -0.2) is 20.0 Å². The Labute approximate surface area is 102 Å². The number of ketones is 1. The summed E-state index contributed by atoms with van der Waals surface area (Å²) in [7, 11) is 3.25. The largest absolute Gasteiger partial charge is 0.493 e. The van der Waals surface area contributed by atoms with Gasteiger partial charge in [-0.25, -0.2) is 0 Å². The maximum absolute atomic E-state index is 11.6. The molecule has 92 valence electrons. The van der Waals surface area contributed by atoms with Crippen molar-refractivity contribution in [3.63, 3.8) is 0 Å². The van der Waals surface area contributed by atoms with Crippen LogP contribution in [0.15, 0.2) is 18.2 Å². The van der Waals surface area contributed by atoms with Gasteiger partial charge in [-0.1, -0.05) is 6.07 Å². The van der Waals surface area contributed by atoms with E-state index < -0.39 is 0 Å². The van der Waals surface area contributed by atoms with Crippen molar-refractivity contribution in [2.24, 2.45) is 5.41 Å². The predicted molar refractivity (Wildman–Crippen MR) is 65.6 cm³/mol. The second-order valence-corrected chi connectivity index (χ2v) is 4.70. The monoisotopic (exact) mass is 234 g/mol. The van der Waals surface area contributed by atoms with E-state index in [1.807, 2.05) is 18.2 Å². The van der Waals surface area contributed by atoms with E-state index in [0.717, 1.165) is 36.3 Å². The van der Waals surface area contributed by atoms with Gasteiger partial charge in [-0.3, -0.25) is 4.79 Å². The third kappa shape index (κ3) is 2.28. The van der Waals surface area contributed by atoms with Crippen LogP contribution < -0.4 is 9.47 Å². The van der Waals surface area contributed by atoms with E-state index >= 15 is 0 Å². The molecule has 1 aliphatic carbocycles. The molecule has 0 heterocycles. The third-order valence-electron chi connectivity index (χ3n) is 3.59. The first-order valence-electron chi connectivity index (χ1n) is 5.83. The minimum atomic E-state index is -0.0976. The van der Waals surface area contributed by atoms with E-state index in [0.29, 0.717) is 5.78 Å². The van der Waals surface area contributed by atoms with E-state index in [4.69, 9.17) is 9.47 Å². The van der Waals surface area contributed by atoms with E-state index in [-0.39, 0.29) is 5.41 Å². The van der Waals surface area contributed by atoms with Crippen LogP contribution in [-0.2, 0) is 11.2 Å². The smallest absolute Gasteiger partial charge is 0.160 e. The molecule has 0 aromatic heterocycles. The Hall–Kier alpha value is -1.51. The van der Waals surface area contributed by atoms with Crippen LogP contribution in [0.3, 0.4) is 0 Å². The summed E-state index contributed by atoms with van der Waals surface area (Å²) in [5.41, 5.74) is 1.04. The van der Waals surface area contributed by atoms with E-state index in [1.54, 1.807) is 21.1 Å². The van der Waals surface area contributed by atoms with Crippen molar-refractivity contribution < 1.29 is 14.3 Å². The van der Waals surface area contributed by atoms with Crippen LogP contribution in [0.5, 0.6) is 11.5 Å². The quantitative estimate of drug-likeness (QED) is 0.785. The highest BCUT2D eigenvalue weighted by molar-refractivity contribution is 5.85. The molecular formula is C14H18O3. The molecule has 0 saturated heterocycles. The zero-order chi connectivity index (χ0) is 12.5. The number of methoxy groups -OCH3 is 2. The number of carbonyl (C=O) groups is 1. The average Bonchev–Trinajstić information content (AvgIpc) is 3.10. The molecule has 1 saturated carbocycles. The molecule has 1 aliphatic rings.